The third-order valence-corrected chi connectivity index (χ3v) is 3.53. The summed E-state index contributed by atoms with van der Waals surface area (Å²) in [6.45, 7) is 2.48. The molecule has 4 heteroatoms. The lowest BCUT2D eigenvalue weighted by molar-refractivity contribution is 0.620. The molecule has 0 saturated heterocycles. The van der Waals surface area contributed by atoms with E-state index >= 15 is 0 Å². The van der Waals surface area contributed by atoms with Crippen LogP contribution in [0.5, 0.6) is 0 Å². The van der Waals surface area contributed by atoms with Gasteiger partial charge in [-0.25, -0.2) is 9.37 Å². The Morgan fingerprint density at radius 1 is 1.20 bits per heavy atom. The molecule has 2 aromatic carbocycles. The van der Waals surface area contributed by atoms with Crippen molar-refractivity contribution in [3.63, 3.8) is 0 Å². The summed E-state index contributed by atoms with van der Waals surface area (Å²) >= 11 is 0. The van der Waals surface area contributed by atoms with Crippen molar-refractivity contribution in [2.45, 2.75) is 19.9 Å². The van der Waals surface area contributed by atoms with Crippen molar-refractivity contribution < 1.29 is 4.39 Å². The molecule has 0 bridgehead atoms. The number of nitrogen functional groups attached to an aromatic ring is 1. The van der Waals surface area contributed by atoms with Gasteiger partial charge in [0.25, 0.3) is 0 Å². The molecule has 1 heterocycles. The zero-order valence-corrected chi connectivity index (χ0v) is 11.3. The van der Waals surface area contributed by atoms with Gasteiger partial charge >= 0.3 is 0 Å². The van der Waals surface area contributed by atoms with E-state index in [9.17, 15) is 4.39 Å². The predicted molar refractivity (Wildman–Crippen MR) is 79.0 cm³/mol. The molecule has 102 valence electrons. The average Bonchev–Trinajstić information content (AvgIpc) is 2.73. The molecule has 0 aliphatic heterocycles. The first kappa shape index (κ1) is 12.7. The van der Waals surface area contributed by atoms with Gasteiger partial charge in [-0.15, -0.1) is 0 Å². The van der Waals surface area contributed by atoms with Gasteiger partial charge < -0.3 is 10.3 Å². The summed E-state index contributed by atoms with van der Waals surface area (Å²) in [4.78, 5) is 4.23. The standard InChI is InChI=1S/C16H16FN3/c1-11-9-15-14(10-13(11)17)19-16(18)20(15)8-7-12-5-3-2-4-6-12/h2-6,9-10H,7-8H2,1H3,(H2,18,19). The van der Waals surface area contributed by atoms with E-state index in [0.717, 1.165) is 18.5 Å². The van der Waals surface area contributed by atoms with Gasteiger partial charge in [-0.3, -0.25) is 0 Å². The number of fused-ring (bicyclic) bond motifs is 1. The molecule has 0 atom stereocenters. The molecule has 0 unspecified atom stereocenters. The number of imidazole rings is 1. The van der Waals surface area contributed by atoms with Crippen LogP contribution < -0.4 is 5.73 Å². The van der Waals surface area contributed by atoms with Gasteiger partial charge in [-0.1, -0.05) is 30.3 Å². The van der Waals surface area contributed by atoms with E-state index in [4.69, 9.17) is 5.73 Å². The minimum atomic E-state index is -0.245. The monoisotopic (exact) mass is 269 g/mol. The Kier molecular flexibility index (Phi) is 3.14. The van der Waals surface area contributed by atoms with Gasteiger partial charge in [0.05, 0.1) is 11.0 Å². The topological polar surface area (TPSA) is 43.8 Å². The average molecular weight is 269 g/mol. The van der Waals surface area contributed by atoms with E-state index in [1.54, 1.807) is 13.0 Å². The van der Waals surface area contributed by atoms with Gasteiger partial charge in [0.2, 0.25) is 5.95 Å². The molecule has 0 radical (unpaired) electrons. The number of aromatic nitrogens is 2. The molecular weight excluding hydrogens is 253 g/mol. The fourth-order valence-electron chi connectivity index (χ4n) is 2.39. The number of anilines is 1. The zero-order valence-electron chi connectivity index (χ0n) is 11.3. The lowest BCUT2D eigenvalue weighted by atomic mass is 10.1. The zero-order chi connectivity index (χ0) is 14.1. The second-order valence-electron chi connectivity index (χ2n) is 4.95. The summed E-state index contributed by atoms with van der Waals surface area (Å²) in [5, 5.41) is 0. The van der Waals surface area contributed by atoms with E-state index in [1.165, 1.54) is 11.6 Å². The van der Waals surface area contributed by atoms with Gasteiger partial charge in [0, 0.05) is 12.6 Å². The Morgan fingerprint density at radius 3 is 2.70 bits per heavy atom. The highest BCUT2D eigenvalue weighted by atomic mass is 19.1. The summed E-state index contributed by atoms with van der Waals surface area (Å²) in [6.07, 6.45) is 0.868. The summed E-state index contributed by atoms with van der Waals surface area (Å²) in [5.74, 6) is 0.186. The third-order valence-electron chi connectivity index (χ3n) is 3.53. The highest BCUT2D eigenvalue weighted by molar-refractivity contribution is 5.79. The van der Waals surface area contributed by atoms with Crippen molar-refractivity contribution in [1.82, 2.24) is 9.55 Å². The number of nitrogens with two attached hydrogens (primary N) is 1. The normalized spacial score (nSPS) is 11.1. The van der Waals surface area contributed by atoms with Crippen LogP contribution in [0.3, 0.4) is 0 Å². The number of hydrogen-bond acceptors (Lipinski definition) is 2. The number of benzene rings is 2. The Bertz CT molecular complexity index is 747. The van der Waals surface area contributed by atoms with Crippen LogP contribution in [0.15, 0.2) is 42.5 Å². The maximum absolute atomic E-state index is 13.6. The van der Waals surface area contributed by atoms with Crippen LogP contribution in [0, 0.1) is 12.7 Å². The molecule has 0 saturated carbocycles. The lowest BCUT2D eigenvalue weighted by Crippen LogP contribution is -2.05. The fourth-order valence-corrected chi connectivity index (χ4v) is 2.39. The first-order valence-electron chi connectivity index (χ1n) is 6.61. The van der Waals surface area contributed by atoms with Crippen LogP contribution >= 0.6 is 0 Å². The second-order valence-corrected chi connectivity index (χ2v) is 4.95. The Balaban J connectivity index is 1.95. The third kappa shape index (κ3) is 2.25. The quantitative estimate of drug-likeness (QED) is 0.792. The molecule has 0 aliphatic carbocycles. The number of nitrogens with zero attached hydrogens (tertiary/aromatic N) is 2. The van der Waals surface area contributed by atoms with E-state index in [1.807, 2.05) is 22.8 Å². The molecule has 1 aromatic heterocycles. The molecule has 2 N–H and O–H groups in total. The van der Waals surface area contributed by atoms with Crippen molar-refractivity contribution in [2.24, 2.45) is 0 Å². The van der Waals surface area contributed by atoms with Crippen molar-refractivity contribution >= 4 is 17.0 Å². The molecule has 0 amide bonds. The van der Waals surface area contributed by atoms with Crippen molar-refractivity contribution in [1.29, 1.82) is 0 Å². The number of rotatable bonds is 3. The first-order chi connectivity index (χ1) is 9.65. The highest BCUT2D eigenvalue weighted by Gasteiger charge is 2.10. The van der Waals surface area contributed by atoms with Crippen LogP contribution in [0.2, 0.25) is 0 Å². The van der Waals surface area contributed by atoms with E-state index < -0.39 is 0 Å². The van der Waals surface area contributed by atoms with E-state index in [2.05, 4.69) is 17.1 Å². The maximum Gasteiger partial charge on any atom is 0.201 e. The summed E-state index contributed by atoms with van der Waals surface area (Å²) < 4.78 is 15.5. The number of aryl methyl sites for hydroxylation is 3. The molecule has 0 spiro atoms. The fraction of sp³-hybridized carbons (Fsp3) is 0.188. The summed E-state index contributed by atoms with van der Waals surface area (Å²) in [5.41, 5.74) is 9.30. The maximum atomic E-state index is 13.6. The van der Waals surface area contributed by atoms with Gasteiger partial charge in [-0.2, -0.15) is 0 Å². The van der Waals surface area contributed by atoms with Crippen LogP contribution in [-0.2, 0) is 13.0 Å². The smallest absolute Gasteiger partial charge is 0.201 e. The highest BCUT2D eigenvalue weighted by Crippen LogP contribution is 2.22. The van der Waals surface area contributed by atoms with Crippen molar-refractivity contribution in [2.75, 3.05) is 5.73 Å². The largest absolute Gasteiger partial charge is 0.369 e. The Morgan fingerprint density at radius 2 is 1.95 bits per heavy atom. The van der Waals surface area contributed by atoms with Gasteiger partial charge in [0.1, 0.15) is 5.82 Å². The van der Waals surface area contributed by atoms with Crippen LogP contribution in [0.4, 0.5) is 10.3 Å². The number of hydrogen-bond donors (Lipinski definition) is 1. The Labute approximate surface area is 116 Å². The van der Waals surface area contributed by atoms with Crippen LogP contribution in [0.25, 0.3) is 11.0 Å². The minimum Gasteiger partial charge on any atom is -0.369 e. The van der Waals surface area contributed by atoms with Crippen LogP contribution in [0.1, 0.15) is 11.1 Å². The molecule has 3 rings (SSSR count). The predicted octanol–water partition coefficient (Wildman–Crippen LogP) is 3.31. The summed E-state index contributed by atoms with van der Waals surface area (Å²) in [6, 6.07) is 13.4. The molecule has 3 nitrogen and oxygen atoms in total. The van der Waals surface area contributed by atoms with Gasteiger partial charge in [0.15, 0.2) is 0 Å². The number of halogens is 1. The van der Waals surface area contributed by atoms with Gasteiger partial charge in [-0.05, 0) is 30.5 Å². The molecular formula is C16H16FN3. The molecule has 20 heavy (non-hydrogen) atoms. The SMILES string of the molecule is Cc1cc2c(cc1F)nc(N)n2CCc1ccccc1. The summed E-state index contributed by atoms with van der Waals surface area (Å²) in [7, 11) is 0. The molecule has 0 aliphatic rings. The van der Waals surface area contributed by atoms with E-state index in [-0.39, 0.29) is 5.82 Å². The molecule has 0 fully saturated rings. The van der Waals surface area contributed by atoms with Crippen molar-refractivity contribution in [3.8, 4) is 0 Å². The molecule has 3 aromatic rings. The minimum absolute atomic E-state index is 0.245. The van der Waals surface area contributed by atoms with Crippen molar-refractivity contribution in [3.05, 3.63) is 59.4 Å². The Hall–Kier alpha value is -2.36. The lowest BCUT2D eigenvalue weighted by Gasteiger charge is -2.07. The first-order valence-corrected chi connectivity index (χ1v) is 6.61. The van der Waals surface area contributed by atoms with E-state index in [0.29, 0.717) is 17.0 Å². The second kappa shape index (κ2) is 4.96. The van der Waals surface area contributed by atoms with Crippen LogP contribution in [-0.4, -0.2) is 9.55 Å².